The van der Waals surface area contributed by atoms with Gasteiger partial charge in [0.05, 0.1) is 29.0 Å². The Morgan fingerprint density at radius 2 is 2.41 bits per heavy atom. The molecule has 0 aliphatic rings. The van der Waals surface area contributed by atoms with Gasteiger partial charge < -0.3 is 5.11 Å². The summed E-state index contributed by atoms with van der Waals surface area (Å²) in [6, 6.07) is 0. The Kier molecular flexibility index (Phi) is 3.53. The summed E-state index contributed by atoms with van der Waals surface area (Å²) in [7, 11) is 0. The van der Waals surface area contributed by atoms with Crippen LogP contribution in [0.5, 0.6) is 0 Å². The van der Waals surface area contributed by atoms with E-state index in [2.05, 4.69) is 17.0 Å². The van der Waals surface area contributed by atoms with Crippen molar-refractivity contribution in [2.45, 2.75) is 26.3 Å². The molecule has 0 bridgehead atoms. The number of carboxylic acid groups (broad SMARTS) is 1. The van der Waals surface area contributed by atoms with Crippen LogP contribution < -0.4 is 0 Å². The first kappa shape index (κ1) is 11.8. The van der Waals surface area contributed by atoms with Gasteiger partial charge >= 0.3 is 5.97 Å². The number of hydrogen-bond donors (Lipinski definition) is 1. The second-order valence-electron chi connectivity index (χ2n) is 3.71. The highest BCUT2D eigenvalue weighted by Crippen LogP contribution is 2.12. The molecule has 5 nitrogen and oxygen atoms in total. The largest absolute Gasteiger partial charge is 0.478 e. The summed E-state index contributed by atoms with van der Waals surface area (Å²) in [6.45, 7) is 2.64. The first-order valence-electron chi connectivity index (χ1n) is 5.38. The van der Waals surface area contributed by atoms with Crippen molar-refractivity contribution in [2.75, 3.05) is 0 Å². The van der Waals surface area contributed by atoms with Crippen LogP contribution in [0.4, 0.5) is 0 Å². The number of thiazole rings is 1. The maximum Gasteiger partial charge on any atom is 0.338 e. The Hall–Kier alpha value is -1.69. The average Bonchev–Trinajstić information content (AvgIpc) is 2.89. The van der Waals surface area contributed by atoms with Crippen molar-refractivity contribution in [3.05, 3.63) is 34.0 Å². The van der Waals surface area contributed by atoms with E-state index in [4.69, 9.17) is 5.11 Å². The van der Waals surface area contributed by atoms with E-state index < -0.39 is 5.97 Å². The van der Waals surface area contributed by atoms with Crippen LogP contribution in [0, 0.1) is 0 Å². The maximum atomic E-state index is 10.7. The predicted octanol–water partition coefficient (Wildman–Crippen LogP) is 2.04. The van der Waals surface area contributed by atoms with E-state index >= 15 is 0 Å². The monoisotopic (exact) mass is 251 g/mol. The van der Waals surface area contributed by atoms with Gasteiger partial charge in [0.2, 0.25) is 0 Å². The van der Waals surface area contributed by atoms with E-state index in [1.165, 1.54) is 12.4 Å². The van der Waals surface area contributed by atoms with Crippen molar-refractivity contribution in [3.63, 3.8) is 0 Å². The molecule has 90 valence electrons. The van der Waals surface area contributed by atoms with Crippen molar-refractivity contribution >= 4 is 17.3 Å². The van der Waals surface area contributed by atoms with Gasteiger partial charge in [-0.05, 0) is 12.8 Å². The molecule has 17 heavy (non-hydrogen) atoms. The summed E-state index contributed by atoms with van der Waals surface area (Å²) in [4.78, 5) is 15.1. The van der Waals surface area contributed by atoms with E-state index in [1.54, 1.807) is 16.0 Å². The van der Waals surface area contributed by atoms with Gasteiger partial charge in [-0.1, -0.05) is 6.92 Å². The summed E-state index contributed by atoms with van der Waals surface area (Å²) >= 11 is 1.64. The van der Waals surface area contributed by atoms with Crippen LogP contribution in [-0.2, 0) is 13.0 Å². The molecule has 0 spiro atoms. The van der Waals surface area contributed by atoms with E-state index in [1.807, 2.05) is 5.38 Å². The van der Waals surface area contributed by atoms with E-state index in [0.29, 0.717) is 6.54 Å². The summed E-state index contributed by atoms with van der Waals surface area (Å²) in [5.41, 5.74) is 1.13. The summed E-state index contributed by atoms with van der Waals surface area (Å²) in [5, 5.41) is 15.9. The normalized spacial score (nSPS) is 10.6. The molecule has 2 heterocycles. The Bertz CT molecular complexity index is 518. The van der Waals surface area contributed by atoms with E-state index in [9.17, 15) is 4.79 Å². The van der Waals surface area contributed by atoms with Crippen LogP contribution >= 0.6 is 11.3 Å². The average molecular weight is 251 g/mol. The highest BCUT2D eigenvalue weighted by atomic mass is 32.1. The van der Waals surface area contributed by atoms with Gasteiger partial charge in [0.15, 0.2) is 0 Å². The predicted molar refractivity (Wildman–Crippen MR) is 64.4 cm³/mol. The first-order chi connectivity index (χ1) is 8.19. The van der Waals surface area contributed by atoms with E-state index in [-0.39, 0.29) is 5.56 Å². The van der Waals surface area contributed by atoms with Crippen molar-refractivity contribution in [2.24, 2.45) is 0 Å². The lowest BCUT2D eigenvalue weighted by Crippen LogP contribution is -2.01. The number of hydrogen-bond acceptors (Lipinski definition) is 4. The van der Waals surface area contributed by atoms with Crippen LogP contribution in [-0.4, -0.2) is 25.8 Å². The number of rotatable bonds is 5. The topological polar surface area (TPSA) is 68.0 Å². The van der Waals surface area contributed by atoms with Gasteiger partial charge in [0.25, 0.3) is 0 Å². The first-order valence-corrected chi connectivity index (χ1v) is 6.26. The molecule has 0 saturated carbocycles. The quantitative estimate of drug-likeness (QED) is 0.883. The smallest absolute Gasteiger partial charge is 0.338 e. The molecule has 0 saturated heterocycles. The molecule has 0 radical (unpaired) electrons. The molecule has 0 atom stereocenters. The van der Waals surface area contributed by atoms with Crippen molar-refractivity contribution < 1.29 is 9.90 Å². The van der Waals surface area contributed by atoms with Gasteiger partial charge in [0, 0.05) is 11.6 Å². The number of carbonyl (C=O) groups is 1. The van der Waals surface area contributed by atoms with Gasteiger partial charge in [-0.15, -0.1) is 11.3 Å². The molecule has 0 fully saturated rings. The van der Waals surface area contributed by atoms with Gasteiger partial charge in [-0.2, -0.15) is 5.10 Å². The maximum absolute atomic E-state index is 10.7. The zero-order valence-corrected chi connectivity index (χ0v) is 10.3. The third-order valence-corrected chi connectivity index (χ3v) is 3.22. The number of aromatic nitrogens is 3. The SMILES string of the molecule is CCCc1nc(Cn2cc(C(=O)O)cn2)cs1. The zero-order chi connectivity index (χ0) is 12.3. The highest BCUT2D eigenvalue weighted by molar-refractivity contribution is 7.09. The fourth-order valence-electron chi connectivity index (χ4n) is 1.48. The van der Waals surface area contributed by atoms with Crippen molar-refractivity contribution in [3.8, 4) is 0 Å². The molecule has 6 heteroatoms. The number of aromatic carboxylic acids is 1. The molecule has 1 N–H and O–H groups in total. The lowest BCUT2D eigenvalue weighted by atomic mass is 10.3. The second kappa shape index (κ2) is 5.09. The van der Waals surface area contributed by atoms with Crippen LogP contribution in [0.1, 0.15) is 34.4 Å². The highest BCUT2D eigenvalue weighted by Gasteiger charge is 2.07. The lowest BCUT2D eigenvalue weighted by molar-refractivity contribution is 0.0697. The Morgan fingerprint density at radius 1 is 1.59 bits per heavy atom. The van der Waals surface area contributed by atoms with Crippen molar-refractivity contribution in [1.82, 2.24) is 14.8 Å². The molecule has 2 aromatic heterocycles. The Labute approximate surface area is 103 Å². The third-order valence-electron chi connectivity index (χ3n) is 2.27. The minimum absolute atomic E-state index is 0.203. The number of aryl methyl sites for hydroxylation is 1. The minimum atomic E-state index is -0.957. The van der Waals surface area contributed by atoms with Crippen LogP contribution in [0.15, 0.2) is 17.8 Å². The molecule has 2 rings (SSSR count). The zero-order valence-electron chi connectivity index (χ0n) is 9.46. The van der Waals surface area contributed by atoms with Crippen LogP contribution in [0.25, 0.3) is 0 Å². The van der Waals surface area contributed by atoms with Crippen LogP contribution in [0.2, 0.25) is 0 Å². The van der Waals surface area contributed by atoms with Gasteiger partial charge in [-0.25, -0.2) is 9.78 Å². The molecule has 0 unspecified atom stereocenters. The molecular formula is C11H13N3O2S. The second-order valence-corrected chi connectivity index (χ2v) is 4.66. The fraction of sp³-hybridized carbons (Fsp3) is 0.364. The molecule has 2 aromatic rings. The van der Waals surface area contributed by atoms with Gasteiger partial charge in [-0.3, -0.25) is 4.68 Å². The summed E-state index contributed by atoms with van der Waals surface area (Å²) in [6.07, 6.45) is 4.94. The molecule has 0 aromatic carbocycles. The molecular weight excluding hydrogens is 238 g/mol. The Morgan fingerprint density at radius 3 is 3.06 bits per heavy atom. The Balaban J connectivity index is 2.05. The molecule has 0 aliphatic heterocycles. The van der Waals surface area contributed by atoms with Gasteiger partial charge in [0.1, 0.15) is 0 Å². The number of carboxylic acids is 1. The molecule has 0 amide bonds. The third kappa shape index (κ3) is 2.91. The lowest BCUT2D eigenvalue weighted by Gasteiger charge is -1.96. The van der Waals surface area contributed by atoms with Crippen molar-refractivity contribution in [1.29, 1.82) is 0 Å². The minimum Gasteiger partial charge on any atom is -0.478 e. The van der Waals surface area contributed by atoms with E-state index in [0.717, 1.165) is 23.5 Å². The summed E-state index contributed by atoms with van der Waals surface area (Å²) < 4.78 is 1.59. The fourth-order valence-corrected chi connectivity index (χ4v) is 2.37. The standard InChI is InChI=1S/C11H13N3O2S/c1-2-3-10-13-9(7-17-10)6-14-5-8(4-12-14)11(15)16/h4-5,7H,2-3,6H2,1H3,(H,15,16). The molecule has 0 aliphatic carbocycles. The summed E-state index contributed by atoms with van der Waals surface area (Å²) in [5.74, 6) is -0.957. The van der Waals surface area contributed by atoms with Crippen LogP contribution in [0.3, 0.4) is 0 Å². The number of nitrogens with zero attached hydrogens (tertiary/aromatic N) is 3.